The van der Waals surface area contributed by atoms with E-state index in [9.17, 15) is 9.18 Å². The van der Waals surface area contributed by atoms with Gasteiger partial charge >= 0.3 is 0 Å². The third-order valence-corrected chi connectivity index (χ3v) is 7.33. The average Bonchev–Trinajstić information content (AvgIpc) is 3.71. The molecule has 2 saturated heterocycles. The fraction of sp³-hybridized carbons (Fsp3) is 0.414. The Balaban J connectivity index is 1.20. The number of hydrogen-bond donors (Lipinski definition) is 2. The normalized spacial score (nSPS) is 20.9. The van der Waals surface area contributed by atoms with Gasteiger partial charge in [0.2, 0.25) is 18.1 Å². The lowest BCUT2D eigenvalue weighted by Gasteiger charge is -2.39. The highest BCUT2D eigenvalue weighted by molar-refractivity contribution is 5.83. The quantitative estimate of drug-likeness (QED) is 0.288. The second-order valence-electron chi connectivity index (χ2n) is 10.6. The van der Waals surface area contributed by atoms with Crippen LogP contribution in [0.2, 0.25) is 0 Å². The van der Waals surface area contributed by atoms with Crippen LogP contribution in [-0.4, -0.2) is 86.4 Å². The van der Waals surface area contributed by atoms with Crippen LogP contribution >= 0.6 is 0 Å². The van der Waals surface area contributed by atoms with Crippen LogP contribution in [0.5, 0.6) is 0 Å². The van der Waals surface area contributed by atoms with Gasteiger partial charge in [-0.15, -0.1) is 0 Å². The van der Waals surface area contributed by atoms with Crippen LogP contribution in [0.1, 0.15) is 25.5 Å². The molecule has 1 amide bonds. The number of benzene rings is 1. The summed E-state index contributed by atoms with van der Waals surface area (Å²) < 4.78 is 33.3. The highest BCUT2D eigenvalue weighted by atomic mass is 19.1. The van der Waals surface area contributed by atoms with Gasteiger partial charge in [0.15, 0.2) is 5.82 Å². The van der Waals surface area contributed by atoms with Crippen molar-refractivity contribution in [2.24, 2.45) is 5.41 Å². The van der Waals surface area contributed by atoms with E-state index in [0.717, 1.165) is 13.0 Å². The molecule has 220 valence electrons. The molecular formula is C29H33FN8O4. The van der Waals surface area contributed by atoms with Crippen molar-refractivity contribution in [3.8, 4) is 22.6 Å². The number of hydrogen-bond acceptors (Lipinski definition) is 9. The third kappa shape index (κ3) is 6.17. The molecule has 0 bridgehead atoms. The summed E-state index contributed by atoms with van der Waals surface area (Å²) in [5, 5.41) is 3.27. The zero-order valence-electron chi connectivity index (χ0n) is 23.3. The highest BCUT2D eigenvalue weighted by Gasteiger charge is 2.43. The number of imidazole rings is 2. The predicted molar refractivity (Wildman–Crippen MR) is 150 cm³/mol. The zero-order valence-corrected chi connectivity index (χ0v) is 23.3. The molecule has 3 aromatic heterocycles. The van der Waals surface area contributed by atoms with Crippen LogP contribution in [-0.2, 0) is 25.5 Å². The second kappa shape index (κ2) is 12.3. The molecular weight excluding hydrogens is 543 g/mol. The van der Waals surface area contributed by atoms with Gasteiger partial charge in [-0.3, -0.25) is 4.79 Å². The summed E-state index contributed by atoms with van der Waals surface area (Å²) in [5.74, 6) is 0.548. The monoisotopic (exact) mass is 576 g/mol. The maximum atomic E-state index is 13.7. The summed E-state index contributed by atoms with van der Waals surface area (Å²) in [6.07, 6.45) is 7.18. The lowest BCUT2D eigenvalue weighted by Crippen LogP contribution is -2.53. The largest absolute Gasteiger partial charge is 0.378 e. The Labute approximate surface area is 242 Å². The maximum absolute atomic E-state index is 13.7. The minimum absolute atomic E-state index is 0.0116. The van der Waals surface area contributed by atoms with Gasteiger partial charge in [0.1, 0.15) is 5.82 Å². The number of nitrogens with zero attached hydrogens (tertiary/aromatic N) is 6. The van der Waals surface area contributed by atoms with Crippen molar-refractivity contribution in [1.29, 1.82) is 0 Å². The van der Waals surface area contributed by atoms with E-state index in [-0.39, 0.29) is 24.9 Å². The number of morpholine rings is 1. The van der Waals surface area contributed by atoms with Crippen LogP contribution in [0.3, 0.4) is 0 Å². The van der Waals surface area contributed by atoms with Gasteiger partial charge in [0.25, 0.3) is 0 Å². The first-order valence-electron chi connectivity index (χ1n) is 14.0. The Morgan fingerprint density at radius 3 is 2.64 bits per heavy atom. The molecule has 0 unspecified atom stereocenters. The number of aromatic amines is 1. The number of halogens is 1. The maximum Gasteiger partial charge on any atom is 0.233 e. The standard InChI is InChI=1S/C29H33FN8O4/c1-29(27(39)38-13-15-40-16-14-38)17-41-26(42-18-29)25-35-23(20-3-5-21(30)6-4-20)24(36-25)22-7-9-33-28(34-22)32-8-2-11-37-12-10-31-19-37/h3-7,9-10,12,19,26H,2,8,11,13-18H2,1H3,(H,35,36)(H,32,33,34). The van der Waals surface area contributed by atoms with E-state index in [1.807, 2.05) is 17.7 Å². The smallest absolute Gasteiger partial charge is 0.233 e. The van der Waals surface area contributed by atoms with Crippen LogP contribution in [0.4, 0.5) is 10.3 Å². The van der Waals surface area contributed by atoms with Crippen LogP contribution in [0, 0.1) is 11.2 Å². The van der Waals surface area contributed by atoms with E-state index in [2.05, 4.69) is 20.3 Å². The van der Waals surface area contributed by atoms with E-state index in [1.165, 1.54) is 12.1 Å². The summed E-state index contributed by atoms with van der Waals surface area (Å²) >= 11 is 0. The van der Waals surface area contributed by atoms with Gasteiger partial charge in [-0.1, -0.05) is 0 Å². The lowest BCUT2D eigenvalue weighted by molar-refractivity contribution is -0.235. The average molecular weight is 577 g/mol. The molecule has 0 aliphatic carbocycles. The third-order valence-electron chi connectivity index (χ3n) is 7.33. The van der Waals surface area contributed by atoms with Crippen molar-refractivity contribution in [1.82, 2.24) is 34.4 Å². The van der Waals surface area contributed by atoms with Gasteiger partial charge in [0.05, 0.1) is 55.3 Å². The molecule has 12 nitrogen and oxygen atoms in total. The van der Waals surface area contributed by atoms with Gasteiger partial charge in [-0.2, -0.15) is 0 Å². The van der Waals surface area contributed by atoms with Crippen molar-refractivity contribution >= 4 is 11.9 Å². The minimum Gasteiger partial charge on any atom is -0.378 e. The number of amides is 1. The fourth-order valence-corrected chi connectivity index (χ4v) is 5.01. The van der Waals surface area contributed by atoms with Gasteiger partial charge < -0.3 is 34.0 Å². The molecule has 2 N–H and O–H groups in total. The van der Waals surface area contributed by atoms with Crippen LogP contribution in [0.15, 0.2) is 55.2 Å². The number of aromatic nitrogens is 6. The first-order valence-corrected chi connectivity index (χ1v) is 14.0. The van der Waals surface area contributed by atoms with Crippen molar-refractivity contribution in [2.45, 2.75) is 26.2 Å². The van der Waals surface area contributed by atoms with E-state index in [4.69, 9.17) is 24.2 Å². The van der Waals surface area contributed by atoms with Gasteiger partial charge in [0, 0.05) is 50.3 Å². The number of rotatable bonds is 9. The molecule has 0 atom stereocenters. The number of anilines is 1. The molecule has 2 aliphatic heterocycles. The van der Waals surface area contributed by atoms with E-state index >= 15 is 0 Å². The molecule has 6 rings (SSSR count). The summed E-state index contributed by atoms with van der Waals surface area (Å²) in [4.78, 5) is 36.2. The van der Waals surface area contributed by atoms with Gasteiger partial charge in [-0.05, 0) is 43.7 Å². The topological polar surface area (TPSA) is 132 Å². The zero-order chi connectivity index (χ0) is 28.9. The molecule has 5 heterocycles. The lowest BCUT2D eigenvalue weighted by atomic mass is 9.90. The molecule has 0 radical (unpaired) electrons. The Morgan fingerprint density at radius 1 is 1.12 bits per heavy atom. The summed E-state index contributed by atoms with van der Waals surface area (Å²) in [6.45, 7) is 5.87. The molecule has 42 heavy (non-hydrogen) atoms. The minimum atomic E-state index is -0.814. The first-order chi connectivity index (χ1) is 20.5. The number of nitrogens with one attached hydrogen (secondary N) is 2. The van der Waals surface area contributed by atoms with Gasteiger partial charge in [-0.25, -0.2) is 24.3 Å². The molecule has 13 heteroatoms. The van der Waals surface area contributed by atoms with Crippen molar-refractivity contribution in [3.05, 3.63) is 66.9 Å². The van der Waals surface area contributed by atoms with Crippen molar-refractivity contribution in [2.75, 3.05) is 51.4 Å². The van der Waals surface area contributed by atoms with Crippen LogP contribution in [0.25, 0.3) is 22.6 Å². The number of carbonyl (C=O) groups is 1. The molecule has 2 aliphatic rings. The summed E-state index contributed by atoms with van der Waals surface area (Å²) in [5.41, 5.74) is 1.67. The molecule has 1 aromatic carbocycles. The molecule has 2 fully saturated rings. The molecule has 0 saturated carbocycles. The van der Waals surface area contributed by atoms with E-state index < -0.39 is 11.7 Å². The first kappa shape index (κ1) is 27.9. The number of H-pyrrole nitrogens is 1. The number of aryl methyl sites for hydroxylation is 1. The second-order valence-corrected chi connectivity index (χ2v) is 10.6. The van der Waals surface area contributed by atoms with Crippen molar-refractivity contribution < 1.29 is 23.4 Å². The Morgan fingerprint density at radius 2 is 1.90 bits per heavy atom. The van der Waals surface area contributed by atoms with E-state index in [1.54, 1.807) is 41.8 Å². The van der Waals surface area contributed by atoms with Crippen molar-refractivity contribution in [3.63, 3.8) is 0 Å². The Bertz CT molecular complexity index is 1480. The predicted octanol–water partition coefficient (Wildman–Crippen LogP) is 3.28. The Hall–Kier alpha value is -4.20. The van der Waals surface area contributed by atoms with Crippen LogP contribution < -0.4 is 5.32 Å². The molecule has 0 spiro atoms. The fourth-order valence-electron chi connectivity index (χ4n) is 5.01. The summed E-state index contributed by atoms with van der Waals surface area (Å²) in [7, 11) is 0. The SMILES string of the molecule is CC1(C(=O)N2CCOCC2)COC(c2nc(-c3ccc(F)cc3)c(-c3ccnc(NCCCn4ccnc4)n3)[nH]2)OC1. The number of carbonyl (C=O) groups excluding carboxylic acids is 1. The van der Waals surface area contributed by atoms with E-state index in [0.29, 0.717) is 67.3 Å². The molecule has 4 aromatic rings. The highest BCUT2D eigenvalue weighted by Crippen LogP contribution is 2.36. The Kier molecular flexibility index (Phi) is 8.22. The summed E-state index contributed by atoms with van der Waals surface area (Å²) in [6, 6.07) is 7.88. The number of ether oxygens (including phenoxy) is 3.